The molecule has 2 aliphatic rings. The Morgan fingerprint density at radius 2 is 1.80 bits per heavy atom. The van der Waals surface area contributed by atoms with E-state index in [1.807, 2.05) is 63.3 Å². The van der Waals surface area contributed by atoms with E-state index in [0.717, 1.165) is 18.4 Å². The zero-order chi connectivity index (χ0) is 25.4. The van der Waals surface area contributed by atoms with Crippen LogP contribution in [-0.2, 0) is 25.5 Å². The number of aliphatic hydroxyl groups excluding tert-OH is 1. The maximum absolute atomic E-state index is 13.3. The van der Waals surface area contributed by atoms with Gasteiger partial charge in [-0.25, -0.2) is 0 Å². The number of hydrogen-bond acceptors (Lipinski definition) is 5. The van der Waals surface area contributed by atoms with Gasteiger partial charge in [0.1, 0.15) is 6.61 Å². The molecular formula is C28H40N2O5. The Morgan fingerprint density at radius 1 is 1.11 bits per heavy atom. The van der Waals surface area contributed by atoms with Crippen molar-refractivity contribution in [3.8, 4) is 0 Å². The van der Waals surface area contributed by atoms with Crippen molar-refractivity contribution in [1.29, 1.82) is 0 Å². The lowest BCUT2D eigenvalue weighted by Crippen LogP contribution is -2.50. The Balaban J connectivity index is 1.78. The third-order valence-corrected chi connectivity index (χ3v) is 7.12. The number of hydrogen-bond donors (Lipinski definition) is 2. The Hall–Kier alpha value is -2.67. The molecule has 0 aromatic heterocycles. The number of cyclic esters (lactones) is 1. The van der Waals surface area contributed by atoms with Gasteiger partial charge in [0, 0.05) is 13.0 Å². The Bertz CT molecular complexity index is 892. The van der Waals surface area contributed by atoms with Crippen molar-refractivity contribution >= 4 is 17.8 Å². The zero-order valence-corrected chi connectivity index (χ0v) is 21.2. The van der Waals surface area contributed by atoms with Crippen LogP contribution in [0.2, 0.25) is 0 Å². The fraction of sp³-hybridized carbons (Fsp3) is 0.607. The van der Waals surface area contributed by atoms with Gasteiger partial charge in [0.05, 0.1) is 30.5 Å². The summed E-state index contributed by atoms with van der Waals surface area (Å²) < 4.78 is 5.72. The Labute approximate surface area is 208 Å². The van der Waals surface area contributed by atoms with Crippen molar-refractivity contribution in [3.63, 3.8) is 0 Å². The van der Waals surface area contributed by atoms with Crippen LogP contribution < -0.4 is 5.32 Å². The maximum Gasteiger partial charge on any atom is 0.309 e. The van der Waals surface area contributed by atoms with E-state index in [4.69, 9.17) is 4.74 Å². The van der Waals surface area contributed by atoms with Crippen LogP contribution in [-0.4, -0.2) is 59.6 Å². The lowest BCUT2D eigenvalue weighted by Gasteiger charge is -2.33. The molecule has 0 radical (unpaired) electrons. The molecule has 192 valence electrons. The lowest BCUT2D eigenvalue weighted by molar-refractivity contribution is -0.151. The summed E-state index contributed by atoms with van der Waals surface area (Å²) in [6.07, 6.45) is 7.09. The highest BCUT2D eigenvalue weighted by Gasteiger charge is 2.34. The molecule has 1 fully saturated rings. The smallest absolute Gasteiger partial charge is 0.309 e. The average molecular weight is 485 g/mol. The Kier molecular flexibility index (Phi) is 9.49. The number of allylic oxidation sites excluding steroid dienone is 2. The third kappa shape index (κ3) is 7.66. The van der Waals surface area contributed by atoms with Crippen LogP contribution in [0.15, 0.2) is 42.5 Å². The van der Waals surface area contributed by atoms with Crippen LogP contribution in [0, 0.1) is 17.3 Å². The van der Waals surface area contributed by atoms with Crippen LogP contribution >= 0.6 is 0 Å². The molecule has 2 aliphatic heterocycles. The van der Waals surface area contributed by atoms with Gasteiger partial charge in [-0.15, -0.1) is 0 Å². The number of nitrogens with zero attached hydrogens (tertiary/aromatic N) is 1. The predicted molar refractivity (Wildman–Crippen MR) is 134 cm³/mol. The van der Waals surface area contributed by atoms with E-state index >= 15 is 0 Å². The first-order valence-electron chi connectivity index (χ1n) is 12.7. The molecule has 0 saturated carbocycles. The standard InChI is InChI=1S/C28H40N2O5/c1-28(2,3)24-19-35-27(34)22(16-20-10-5-4-6-11-20)13-8-7-12-21(26(33)29-24)17-25(32)30-15-9-14-23(30)18-31/h4-8,10-11,21-24,31H,9,12-19H2,1-3H3,(H,29,33). The number of carbonyl (C=O) groups excluding carboxylic acids is 3. The van der Waals surface area contributed by atoms with Crippen LogP contribution in [0.5, 0.6) is 0 Å². The summed E-state index contributed by atoms with van der Waals surface area (Å²) in [7, 11) is 0. The largest absolute Gasteiger partial charge is 0.463 e. The number of likely N-dealkylation sites (tertiary alicyclic amines) is 1. The lowest BCUT2D eigenvalue weighted by atomic mass is 9.86. The minimum absolute atomic E-state index is 0.0528. The second-order valence-corrected chi connectivity index (χ2v) is 10.9. The molecule has 35 heavy (non-hydrogen) atoms. The highest BCUT2D eigenvalue weighted by Crippen LogP contribution is 2.25. The quantitative estimate of drug-likeness (QED) is 0.494. The van der Waals surface area contributed by atoms with E-state index in [-0.39, 0.29) is 60.8 Å². The number of ether oxygens (including phenoxy) is 1. The maximum atomic E-state index is 13.3. The number of carbonyl (C=O) groups is 3. The van der Waals surface area contributed by atoms with Crippen molar-refractivity contribution in [3.05, 3.63) is 48.0 Å². The number of benzene rings is 1. The van der Waals surface area contributed by atoms with E-state index in [1.165, 1.54) is 0 Å². The first-order chi connectivity index (χ1) is 16.7. The van der Waals surface area contributed by atoms with Gasteiger partial charge >= 0.3 is 5.97 Å². The zero-order valence-electron chi connectivity index (χ0n) is 21.2. The number of amides is 2. The second kappa shape index (κ2) is 12.3. The van der Waals surface area contributed by atoms with Crippen molar-refractivity contribution in [2.24, 2.45) is 17.3 Å². The molecule has 7 nitrogen and oxygen atoms in total. The monoisotopic (exact) mass is 484 g/mol. The summed E-state index contributed by atoms with van der Waals surface area (Å²) in [6, 6.07) is 9.34. The van der Waals surface area contributed by atoms with Gasteiger partial charge in [-0.05, 0) is 43.1 Å². The van der Waals surface area contributed by atoms with Crippen molar-refractivity contribution in [2.75, 3.05) is 19.8 Å². The van der Waals surface area contributed by atoms with E-state index < -0.39 is 5.92 Å². The van der Waals surface area contributed by atoms with Gasteiger partial charge in [-0.3, -0.25) is 14.4 Å². The molecule has 3 rings (SSSR count). The third-order valence-electron chi connectivity index (χ3n) is 7.12. The molecule has 1 aromatic rings. The van der Waals surface area contributed by atoms with Crippen LogP contribution in [0.1, 0.15) is 58.4 Å². The Morgan fingerprint density at radius 3 is 2.46 bits per heavy atom. The molecule has 1 saturated heterocycles. The van der Waals surface area contributed by atoms with Gasteiger partial charge in [-0.2, -0.15) is 0 Å². The highest BCUT2D eigenvalue weighted by atomic mass is 16.5. The summed E-state index contributed by atoms with van der Waals surface area (Å²) in [5.41, 5.74) is 0.735. The molecule has 2 N–H and O–H groups in total. The molecule has 2 amide bonds. The minimum Gasteiger partial charge on any atom is -0.463 e. The van der Waals surface area contributed by atoms with E-state index in [1.54, 1.807) is 4.90 Å². The number of rotatable bonds is 5. The highest BCUT2D eigenvalue weighted by molar-refractivity contribution is 5.86. The minimum atomic E-state index is -0.522. The van der Waals surface area contributed by atoms with E-state index in [9.17, 15) is 19.5 Å². The normalized spacial score (nSPS) is 26.5. The van der Waals surface area contributed by atoms with E-state index in [0.29, 0.717) is 25.8 Å². The van der Waals surface area contributed by atoms with Crippen LogP contribution in [0.3, 0.4) is 0 Å². The summed E-state index contributed by atoms with van der Waals surface area (Å²) in [4.78, 5) is 41.0. The first-order valence-corrected chi connectivity index (χ1v) is 12.7. The summed E-state index contributed by atoms with van der Waals surface area (Å²) in [5.74, 6) is -1.41. The predicted octanol–water partition coefficient (Wildman–Crippen LogP) is 3.26. The molecule has 0 spiro atoms. The molecule has 2 heterocycles. The van der Waals surface area contributed by atoms with Gasteiger partial charge < -0.3 is 20.1 Å². The van der Waals surface area contributed by atoms with Gasteiger partial charge in [0.2, 0.25) is 11.8 Å². The van der Waals surface area contributed by atoms with Crippen molar-refractivity contribution in [2.45, 2.75) is 71.4 Å². The van der Waals surface area contributed by atoms with Gasteiger partial charge in [-0.1, -0.05) is 63.3 Å². The summed E-state index contributed by atoms with van der Waals surface area (Å²) in [6.45, 7) is 6.64. The number of esters is 1. The fourth-order valence-electron chi connectivity index (χ4n) is 4.73. The molecule has 0 bridgehead atoms. The van der Waals surface area contributed by atoms with Crippen molar-refractivity contribution < 1.29 is 24.2 Å². The van der Waals surface area contributed by atoms with Crippen molar-refractivity contribution in [1.82, 2.24) is 10.2 Å². The SMILES string of the molecule is CC(C)(C)C1COC(=O)C(Cc2ccccc2)CC=CCC(CC(=O)N2CCCC2CO)C(=O)N1. The van der Waals surface area contributed by atoms with Crippen LogP contribution in [0.25, 0.3) is 0 Å². The van der Waals surface area contributed by atoms with Gasteiger partial charge in [0.15, 0.2) is 0 Å². The molecule has 7 heteroatoms. The second-order valence-electron chi connectivity index (χ2n) is 10.9. The molecule has 4 unspecified atom stereocenters. The number of aliphatic hydroxyl groups is 1. The average Bonchev–Trinajstić information content (AvgIpc) is 3.30. The molecule has 4 atom stereocenters. The molecular weight excluding hydrogens is 444 g/mol. The molecule has 1 aromatic carbocycles. The first kappa shape index (κ1) is 26.9. The summed E-state index contributed by atoms with van der Waals surface area (Å²) in [5, 5.41) is 12.7. The summed E-state index contributed by atoms with van der Waals surface area (Å²) >= 11 is 0. The molecule has 0 aliphatic carbocycles. The fourth-order valence-corrected chi connectivity index (χ4v) is 4.73. The van der Waals surface area contributed by atoms with Crippen LogP contribution in [0.4, 0.5) is 0 Å². The number of nitrogens with one attached hydrogen (secondary N) is 1. The van der Waals surface area contributed by atoms with E-state index in [2.05, 4.69) is 5.32 Å². The van der Waals surface area contributed by atoms with Gasteiger partial charge in [0.25, 0.3) is 0 Å². The topological polar surface area (TPSA) is 95.9 Å².